The van der Waals surface area contributed by atoms with Crippen LogP contribution >= 0.6 is 0 Å². The van der Waals surface area contributed by atoms with Gasteiger partial charge < -0.3 is 9.84 Å². The summed E-state index contributed by atoms with van der Waals surface area (Å²) in [6, 6.07) is 0. The molecule has 0 aliphatic rings. The van der Waals surface area contributed by atoms with Crippen LogP contribution in [0.4, 0.5) is 0 Å². The number of hydrogen-bond acceptors (Lipinski definition) is 3. The molecule has 0 unspecified atom stereocenters. The van der Waals surface area contributed by atoms with Crippen molar-refractivity contribution in [1.29, 1.82) is 0 Å². The molecule has 0 spiro atoms. The summed E-state index contributed by atoms with van der Waals surface area (Å²) in [4.78, 5) is 21.2. The predicted molar refractivity (Wildman–Crippen MR) is 51.9 cm³/mol. The quantitative estimate of drug-likeness (QED) is 0.528. The van der Waals surface area contributed by atoms with Gasteiger partial charge in [0.2, 0.25) is 0 Å². The Kier molecular flexibility index (Phi) is 5.20. The minimum Gasteiger partial charge on any atom is -0.481 e. The van der Waals surface area contributed by atoms with Crippen LogP contribution in [-0.4, -0.2) is 22.6 Å². The van der Waals surface area contributed by atoms with Crippen LogP contribution < -0.4 is 0 Å². The minimum absolute atomic E-state index is 0.553. The maximum atomic E-state index is 11.0. The standard InChI is InChI=1S/C10H18O4/c1-4-5-6-10(2,3)14-9(13)7-8(11)12/h4-7H2,1-3H3,(H,11,12). The second-order valence-electron chi connectivity index (χ2n) is 3.91. The molecule has 0 rings (SSSR count). The molecule has 82 valence electrons. The summed E-state index contributed by atoms with van der Waals surface area (Å²) in [7, 11) is 0. The monoisotopic (exact) mass is 202 g/mol. The van der Waals surface area contributed by atoms with Gasteiger partial charge in [-0.25, -0.2) is 0 Å². The molecule has 14 heavy (non-hydrogen) atoms. The molecule has 1 N–H and O–H groups in total. The van der Waals surface area contributed by atoms with E-state index in [1.54, 1.807) is 13.8 Å². The Labute approximate surface area is 84.3 Å². The largest absolute Gasteiger partial charge is 0.481 e. The van der Waals surface area contributed by atoms with Crippen molar-refractivity contribution >= 4 is 11.9 Å². The number of rotatable bonds is 6. The van der Waals surface area contributed by atoms with E-state index in [0.717, 1.165) is 19.3 Å². The number of carbonyl (C=O) groups is 2. The van der Waals surface area contributed by atoms with Gasteiger partial charge in [-0.3, -0.25) is 9.59 Å². The van der Waals surface area contributed by atoms with E-state index in [9.17, 15) is 9.59 Å². The first-order valence-corrected chi connectivity index (χ1v) is 4.81. The predicted octanol–water partition coefficient (Wildman–Crippen LogP) is 1.97. The van der Waals surface area contributed by atoms with Gasteiger partial charge >= 0.3 is 11.9 Å². The Morgan fingerprint density at radius 3 is 2.36 bits per heavy atom. The van der Waals surface area contributed by atoms with E-state index in [4.69, 9.17) is 9.84 Å². The number of esters is 1. The minimum atomic E-state index is -1.15. The van der Waals surface area contributed by atoms with Crippen LogP contribution in [-0.2, 0) is 14.3 Å². The smallest absolute Gasteiger partial charge is 0.317 e. The first kappa shape index (κ1) is 12.9. The van der Waals surface area contributed by atoms with Gasteiger partial charge in [-0.15, -0.1) is 0 Å². The third-order valence-corrected chi connectivity index (χ3v) is 1.82. The van der Waals surface area contributed by atoms with Crippen molar-refractivity contribution in [2.24, 2.45) is 0 Å². The van der Waals surface area contributed by atoms with Crippen molar-refractivity contribution in [3.8, 4) is 0 Å². The van der Waals surface area contributed by atoms with Crippen molar-refractivity contribution in [3.63, 3.8) is 0 Å². The molecule has 4 nitrogen and oxygen atoms in total. The fraction of sp³-hybridized carbons (Fsp3) is 0.800. The van der Waals surface area contributed by atoms with Crippen LogP contribution in [0.2, 0.25) is 0 Å². The summed E-state index contributed by atoms with van der Waals surface area (Å²) in [5.41, 5.74) is -0.553. The van der Waals surface area contributed by atoms with Gasteiger partial charge in [-0.05, 0) is 26.7 Å². The number of ether oxygens (including phenoxy) is 1. The number of unbranched alkanes of at least 4 members (excludes halogenated alkanes) is 1. The van der Waals surface area contributed by atoms with Crippen LogP contribution in [0.1, 0.15) is 46.5 Å². The number of carbonyl (C=O) groups excluding carboxylic acids is 1. The van der Waals surface area contributed by atoms with Crippen LogP contribution in [0, 0.1) is 0 Å². The first-order chi connectivity index (χ1) is 6.37. The van der Waals surface area contributed by atoms with Crippen LogP contribution in [0.3, 0.4) is 0 Å². The Bertz CT molecular complexity index is 208. The highest BCUT2D eigenvalue weighted by atomic mass is 16.6. The SMILES string of the molecule is CCCCC(C)(C)OC(=O)CC(=O)O. The molecular weight excluding hydrogens is 184 g/mol. The molecule has 0 amide bonds. The third-order valence-electron chi connectivity index (χ3n) is 1.82. The average molecular weight is 202 g/mol. The molecular formula is C10H18O4. The zero-order valence-electron chi connectivity index (χ0n) is 9.00. The van der Waals surface area contributed by atoms with Gasteiger partial charge in [0.05, 0.1) is 0 Å². The van der Waals surface area contributed by atoms with Crippen LogP contribution in [0.5, 0.6) is 0 Å². The van der Waals surface area contributed by atoms with Gasteiger partial charge in [0.15, 0.2) is 0 Å². The van der Waals surface area contributed by atoms with Gasteiger partial charge in [-0.1, -0.05) is 13.3 Å². The molecule has 0 heterocycles. The molecule has 0 aromatic rings. The Morgan fingerprint density at radius 1 is 1.36 bits per heavy atom. The van der Waals surface area contributed by atoms with Gasteiger partial charge in [0, 0.05) is 0 Å². The molecule has 0 saturated heterocycles. The number of hydrogen-bond donors (Lipinski definition) is 1. The maximum Gasteiger partial charge on any atom is 0.317 e. The molecule has 0 aromatic carbocycles. The second-order valence-corrected chi connectivity index (χ2v) is 3.91. The molecule has 0 radical (unpaired) electrons. The maximum absolute atomic E-state index is 11.0. The van der Waals surface area contributed by atoms with E-state index in [1.807, 2.05) is 0 Å². The normalized spacial score (nSPS) is 11.1. The molecule has 4 heteroatoms. The lowest BCUT2D eigenvalue weighted by Gasteiger charge is -2.24. The molecule has 0 aromatic heterocycles. The summed E-state index contributed by atoms with van der Waals surface area (Å²) in [5.74, 6) is -1.82. The van der Waals surface area contributed by atoms with Gasteiger partial charge in [0.25, 0.3) is 0 Å². The van der Waals surface area contributed by atoms with E-state index in [2.05, 4.69) is 6.92 Å². The summed E-state index contributed by atoms with van der Waals surface area (Å²) >= 11 is 0. The summed E-state index contributed by atoms with van der Waals surface area (Å²) < 4.78 is 5.03. The molecule has 0 saturated carbocycles. The zero-order valence-corrected chi connectivity index (χ0v) is 9.00. The fourth-order valence-electron chi connectivity index (χ4n) is 1.12. The van der Waals surface area contributed by atoms with E-state index >= 15 is 0 Å². The highest BCUT2D eigenvalue weighted by Gasteiger charge is 2.23. The van der Waals surface area contributed by atoms with Crippen molar-refractivity contribution in [3.05, 3.63) is 0 Å². The third kappa shape index (κ3) is 6.46. The molecule has 0 bridgehead atoms. The molecule has 0 aliphatic carbocycles. The summed E-state index contributed by atoms with van der Waals surface area (Å²) in [6.07, 6.45) is 2.19. The van der Waals surface area contributed by atoms with Crippen molar-refractivity contribution in [2.45, 2.75) is 52.1 Å². The van der Waals surface area contributed by atoms with Crippen molar-refractivity contribution in [2.75, 3.05) is 0 Å². The van der Waals surface area contributed by atoms with Gasteiger partial charge in [0.1, 0.15) is 12.0 Å². The van der Waals surface area contributed by atoms with E-state index in [1.165, 1.54) is 0 Å². The number of carboxylic acids is 1. The van der Waals surface area contributed by atoms with E-state index < -0.39 is 24.0 Å². The van der Waals surface area contributed by atoms with Crippen molar-refractivity contribution in [1.82, 2.24) is 0 Å². The Hall–Kier alpha value is -1.06. The highest BCUT2D eigenvalue weighted by molar-refractivity contribution is 5.90. The van der Waals surface area contributed by atoms with Crippen LogP contribution in [0.25, 0.3) is 0 Å². The Morgan fingerprint density at radius 2 is 1.93 bits per heavy atom. The lowest BCUT2D eigenvalue weighted by atomic mass is 10.0. The summed E-state index contributed by atoms with van der Waals surface area (Å²) in [5, 5.41) is 8.36. The van der Waals surface area contributed by atoms with E-state index in [0.29, 0.717) is 0 Å². The molecule has 0 aliphatic heterocycles. The van der Waals surface area contributed by atoms with Crippen molar-refractivity contribution < 1.29 is 19.4 Å². The summed E-state index contributed by atoms with van der Waals surface area (Å²) in [6.45, 7) is 5.64. The Balaban J connectivity index is 3.94. The lowest BCUT2D eigenvalue weighted by Crippen LogP contribution is -2.28. The highest BCUT2D eigenvalue weighted by Crippen LogP contribution is 2.18. The van der Waals surface area contributed by atoms with E-state index in [-0.39, 0.29) is 0 Å². The van der Waals surface area contributed by atoms with Gasteiger partial charge in [-0.2, -0.15) is 0 Å². The first-order valence-electron chi connectivity index (χ1n) is 4.81. The topological polar surface area (TPSA) is 63.6 Å². The average Bonchev–Trinajstić information content (AvgIpc) is 1.98. The number of carboxylic acid groups (broad SMARTS) is 1. The fourth-order valence-corrected chi connectivity index (χ4v) is 1.12. The molecule has 0 fully saturated rings. The lowest BCUT2D eigenvalue weighted by molar-refractivity contribution is -0.161. The zero-order chi connectivity index (χ0) is 11.2. The number of aliphatic carboxylic acids is 1. The van der Waals surface area contributed by atoms with Crippen LogP contribution in [0.15, 0.2) is 0 Å². The molecule has 0 atom stereocenters. The second kappa shape index (κ2) is 5.62.